The summed E-state index contributed by atoms with van der Waals surface area (Å²) in [4.78, 5) is 0. The van der Waals surface area contributed by atoms with Gasteiger partial charge in [-0.05, 0) is 34.7 Å². The minimum Gasteiger partial charge on any atom is -0.193 e. The fraction of sp³-hybridized carbons (Fsp3) is 0. The van der Waals surface area contributed by atoms with E-state index in [0.29, 0.717) is 5.82 Å². The van der Waals surface area contributed by atoms with E-state index in [-0.39, 0.29) is 0 Å². The molecule has 0 N–H and O–H groups in total. The minimum atomic E-state index is 0.716. The number of rotatable bonds is 2. The van der Waals surface area contributed by atoms with Gasteiger partial charge in [0.1, 0.15) is 0 Å². The Kier molecular flexibility index (Phi) is 2.90. The molecule has 0 bridgehead atoms. The maximum atomic E-state index is 4.10. The van der Waals surface area contributed by atoms with E-state index in [1.165, 1.54) is 0 Å². The molecule has 2 aromatic carbocycles. The van der Waals surface area contributed by atoms with Crippen LogP contribution < -0.4 is 0 Å². The Morgan fingerprint density at radius 1 is 0.889 bits per heavy atom. The van der Waals surface area contributed by atoms with E-state index < -0.39 is 0 Å². The summed E-state index contributed by atoms with van der Waals surface area (Å²) in [5.41, 5.74) is 1.90. The molecule has 0 amide bonds. The molecule has 0 aliphatic rings. The molecule has 0 aliphatic carbocycles. The molecule has 0 atom stereocenters. The van der Waals surface area contributed by atoms with Crippen LogP contribution in [0.25, 0.3) is 17.1 Å². The highest BCUT2D eigenvalue weighted by Crippen LogP contribution is 2.26. The molecule has 88 valence electrons. The molecule has 3 rings (SSSR count). The van der Waals surface area contributed by atoms with E-state index in [9.17, 15) is 0 Å². The molecule has 0 saturated carbocycles. The second kappa shape index (κ2) is 4.70. The third kappa shape index (κ3) is 1.93. The highest BCUT2D eigenvalue weighted by Gasteiger charge is 2.12. The summed E-state index contributed by atoms with van der Waals surface area (Å²) in [6.07, 6.45) is 0. The fourth-order valence-corrected chi connectivity index (χ4v) is 2.20. The zero-order valence-corrected chi connectivity index (χ0v) is 10.9. The molecule has 1 heterocycles. The van der Waals surface area contributed by atoms with Gasteiger partial charge in [0.05, 0.1) is 5.69 Å². The van der Waals surface area contributed by atoms with Crippen LogP contribution in [-0.4, -0.2) is 20.2 Å². The number of nitrogens with zero attached hydrogens (tertiary/aromatic N) is 4. The van der Waals surface area contributed by atoms with Crippen molar-refractivity contribution in [3.8, 4) is 17.1 Å². The van der Waals surface area contributed by atoms with E-state index in [1.807, 2.05) is 54.6 Å². The summed E-state index contributed by atoms with van der Waals surface area (Å²) in [6, 6.07) is 17.7. The Balaban J connectivity index is 2.16. The second-order valence-electron chi connectivity index (χ2n) is 3.73. The Hall–Kier alpha value is -2.01. The Morgan fingerprint density at radius 3 is 2.39 bits per heavy atom. The van der Waals surface area contributed by atoms with Gasteiger partial charge in [-0.25, -0.2) is 0 Å². The van der Waals surface area contributed by atoms with Gasteiger partial charge in [0.2, 0.25) is 0 Å². The van der Waals surface area contributed by atoms with Crippen molar-refractivity contribution in [3.63, 3.8) is 0 Å². The molecule has 0 saturated heterocycles. The molecule has 5 heteroatoms. The zero-order valence-electron chi connectivity index (χ0n) is 9.36. The predicted octanol–water partition coefficient (Wildman–Crippen LogP) is 3.09. The van der Waals surface area contributed by atoms with Crippen molar-refractivity contribution in [2.45, 2.75) is 0 Å². The summed E-state index contributed by atoms with van der Waals surface area (Å²) in [7, 11) is 0. The molecule has 0 radical (unpaired) electrons. The van der Waals surface area contributed by atoms with E-state index in [0.717, 1.165) is 15.7 Å². The molecule has 18 heavy (non-hydrogen) atoms. The Bertz CT molecular complexity index is 664. The standard InChI is InChI=1S/C13H9BrN4/c14-12-9-5-4-8-11(12)13-15-16-17-18(13)10-6-2-1-3-7-10/h1-9H. The molecule has 0 aliphatic heterocycles. The number of hydrogen-bond donors (Lipinski definition) is 0. The molecule has 0 spiro atoms. The summed E-state index contributed by atoms with van der Waals surface area (Å²) in [6.45, 7) is 0. The zero-order chi connectivity index (χ0) is 12.4. The van der Waals surface area contributed by atoms with E-state index in [1.54, 1.807) is 4.68 Å². The van der Waals surface area contributed by atoms with Crippen LogP contribution in [0.5, 0.6) is 0 Å². The third-order valence-electron chi connectivity index (χ3n) is 2.59. The summed E-state index contributed by atoms with van der Waals surface area (Å²) in [5.74, 6) is 0.716. The lowest BCUT2D eigenvalue weighted by molar-refractivity contribution is 0.791. The SMILES string of the molecule is Brc1ccccc1-c1nnnn1-c1ccccc1. The van der Waals surface area contributed by atoms with Crippen LogP contribution in [0.3, 0.4) is 0 Å². The lowest BCUT2D eigenvalue weighted by Gasteiger charge is -2.05. The van der Waals surface area contributed by atoms with Gasteiger partial charge in [0.15, 0.2) is 5.82 Å². The fourth-order valence-electron chi connectivity index (χ4n) is 1.74. The van der Waals surface area contributed by atoms with Gasteiger partial charge in [-0.3, -0.25) is 0 Å². The third-order valence-corrected chi connectivity index (χ3v) is 3.28. The number of halogens is 1. The van der Waals surface area contributed by atoms with Crippen LogP contribution in [0.15, 0.2) is 59.1 Å². The Labute approximate surface area is 112 Å². The molecule has 0 fully saturated rings. The van der Waals surface area contributed by atoms with E-state index >= 15 is 0 Å². The van der Waals surface area contributed by atoms with Crippen LogP contribution >= 0.6 is 15.9 Å². The van der Waals surface area contributed by atoms with Crippen molar-refractivity contribution in [1.82, 2.24) is 20.2 Å². The lowest BCUT2D eigenvalue weighted by atomic mass is 10.2. The first-order valence-corrected chi connectivity index (χ1v) is 6.24. The monoisotopic (exact) mass is 300 g/mol. The number of para-hydroxylation sites is 1. The topological polar surface area (TPSA) is 43.6 Å². The van der Waals surface area contributed by atoms with Crippen molar-refractivity contribution in [2.24, 2.45) is 0 Å². The first-order chi connectivity index (χ1) is 8.86. The normalized spacial score (nSPS) is 10.5. The average Bonchev–Trinajstić information content (AvgIpc) is 2.89. The largest absolute Gasteiger partial charge is 0.193 e. The van der Waals surface area contributed by atoms with Crippen molar-refractivity contribution < 1.29 is 0 Å². The molecule has 3 aromatic rings. The first-order valence-electron chi connectivity index (χ1n) is 5.45. The maximum Gasteiger partial charge on any atom is 0.188 e. The highest BCUT2D eigenvalue weighted by atomic mass is 79.9. The summed E-state index contributed by atoms with van der Waals surface area (Å²) >= 11 is 3.52. The highest BCUT2D eigenvalue weighted by molar-refractivity contribution is 9.10. The van der Waals surface area contributed by atoms with Gasteiger partial charge >= 0.3 is 0 Å². The van der Waals surface area contributed by atoms with Crippen LogP contribution in [0, 0.1) is 0 Å². The molecule has 0 unspecified atom stereocenters. The molecular formula is C13H9BrN4. The smallest absolute Gasteiger partial charge is 0.188 e. The van der Waals surface area contributed by atoms with Crippen LogP contribution in [-0.2, 0) is 0 Å². The summed E-state index contributed by atoms with van der Waals surface area (Å²) in [5, 5.41) is 11.9. The minimum absolute atomic E-state index is 0.716. The van der Waals surface area contributed by atoms with E-state index in [2.05, 4.69) is 31.5 Å². The van der Waals surface area contributed by atoms with E-state index in [4.69, 9.17) is 0 Å². The van der Waals surface area contributed by atoms with Crippen molar-refractivity contribution >= 4 is 15.9 Å². The average molecular weight is 301 g/mol. The molecular weight excluding hydrogens is 292 g/mol. The van der Waals surface area contributed by atoms with Crippen LogP contribution in [0.4, 0.5) is 0 Å². The second-order valence-corrected chi connectivity index (χ2v) is 4.58. The lowest BCUT2D eigenvalue weighted by Crippen LogP contribution is -1.99. The number of tetrazole rings is 1. The molecule has 1 aromatic heterocycles. The van der Waals surface area contributed by atoms with Crippen molar-refractivity contribution in [3.05, 3.63) is 59.1 Å². The predicted molar refractivity (Wildman–Crippen MR) is 72.3 cm³/mol. The van der Waals surface area contributed by atoms with Crippen LogP contribution in [0.2, 0.25) is 0 Å². The van der Waals surface area contributed by atoms with Crippen molar-refractivity contribution in [2.75, 3.05) is 0 Å². The molecule has 4 nitrogen and oxygen atoms in total. The van der Waals surface area contributed by atoms with Crippen molar-refractivity contribution in [1.29, 1.82) is 0 Å². The van der Waals surface area contributed by atoms with Gasteiger partial charge in [-0.2, -0.15) is 4.68 Å². The summed E-state index contributed by atoms with van der Waals surface area (Å²) < 4.78 is 2.69. The van der Waals surface area contributed by atoms with Gasteiger partial charge in [0.25, 0.3) is 0 Å². The number of aromatic nitrogens is 4. The van der Waals surface area contributed by atoms with Gasteiger partial charge in [-0.1, -0.05) is 46.3 Å². The first kappa shape index (κ1) is 11.1. The van der Waals surface area contributed by atoms with Gasteiger partial charge in [0, 0.05) is 10.0 Å². The Morgan fingerprint density at radius 2 is 1.61 bits per heavy atom. The quantitative estimate of drug-likeness (QED) is 0.730. The maximum absolute atomic E-state index is 4.10. The van der Waals surface area contributed by atoms with Gasteiger partial charge < -0.3 is 0 Å². The number of benzene rings is 2. The number of hydrogen-bond acceptors (Lipinski definition) is 3. The van der Waals surface area contributed by atoms with Gasteiger partial charge in [-0.15, -0.1) is 5.10 Å². The van der Waals surface area contributed by atoms with Crippen LogP contribution in [0.1, 0.15) is 0 Å².